The van der Waals surface area contributed by atoms with Gasteiger partial charge in [0.15, 0.2) is 0 Å². The minimum atomic E-state index is -4.36. The van der Waals surface area contributed by atoms with Crippen LogP contribution in [0.2, 0.25) is 0 Å². The Morgan fingerprint density at radius 2 is 1.97 bits per heavy atom. The molecular formula is C21H19F3N4O2. The van der Waals surface area contributed by atoms with Crippen molar-refractivity contribution in [2.75, 3.05) is 13.7 Å². The first kappa shape index (κ1) is 20.0. The van der Waals surface area contributed by atoms with E-state index in [1.165, 1.54) is 12.1 Å². The SMILES string of the molecule is COc1cccc(-c2cc3n(n2)[C@H](NCc2ccc(C(F)(F)F)cc2)CNC3=O)c1. The van der Waals surface area contributed by atoms with Crippen LogP contribution < -0.4 is 15.4 Å². The largest absolute Gasteiger partial charge is 0.497 e. The molecule has 4 rings (SSSR count). The molecule has 0 radical (unpaired) electrons. The molecule has 1 amide bonds. The second-order valence-corrected chi connectivity index (χ2v) is 6.89. The zero-order valence-electron chi connectivity index (χ0n) is 16.0. The van der Waals surface area contributed by atoms with E-state index in [-0.39, 0.29) is 12.1 Å². The third-order valence-corrected chi connectivity index (χ3v) is 4.91. The van der Waals surface area contributed by atoms with Gasteiger partial charge in [-0.25, -0.2) is 4.68 Å². The van der Waals surface area contributed by atoms with E-state index in [2.05, 4.69) is 15.7 Å². The van der Waals surface area contributed by atoms with Gasteiger partial charge in [-0.15, -0.1) is 0 Å². The lowest BCUT2D eigenvalue weighted by atomic mass is 10.1. The highest BCUT2D eigenvalue weighted by Gasteiger charge is 2.30. The van der Waals surface area contributed by atoms with Crippen LogP contribution in [0.3, 0.4) is 0 Å². The van der Waals surface area contributed by atoms with Gasteiger partial charge in [0.1, 0.15) is 17.6 Å². The number of hydrogen-bond donors (Lipinski definition) is 2. The molecule has 1 aliphatic rings. The molecule has 0 spiro atoms. The van der Waals surface area contributed by atoms with Gasteiger partial charge >= 0.3 is 6.18 Å². The maximum atomic E-state index is 12.7. The van der Waals surface area contributed by atoms with Gasteiger partial charge in [-0.05, 0) is 35.9 Å². The van der Waals surface area contributed by atoms with Crippen LogP contribution in [0.1, 0.15) is 27.8 Å². The van der Waals surface area contributed by atoms with Crippen LogP contribution >= 0.6 is 0 Å². The van der Waals surface area contributed by atoms with Gasteiger partial charge in [0.2, 0.25) is 0 Å². The monoisotopic (exact) mass is 416 g/mol. The molecule has 1 aromatic heterocycles. The predicted octanol–water partition coefficient (Wildman–Crippen LogP) is 3.61. The molecule has 1 aliphatic heterocycles. The maximum Gasteiger partial charge on any atom is 0.416 e. The molecule has 3 aromatic rings. The second kappa shape index (κ2) is 7.83. The summed E-state index contributed by atoms with van der Waals surface area (Å²) in [6.07, 6.45) is -4.69. The van der Waals surface area contributed by atoms with Crippen LogP contribution in [-0.2, 0) is 12.7 Å². The van der Waals surface area contributed by atoms with Crippen molar-refractivity contribution in [1.29, 1.82) is 0 Å². The van der Waals surface area contributed by atoms with Crippen LogP contribution in [0.25, 0.3) is 11.3 Å². The molecule has 0 aliphatic carbocycles. The molecule has 9 heteroatoms. The van der Waals surface area contributed by atoms with E-state index in [1.54, 1.807) is 17.9 Å². The number of halogens is 3. The van der Waals surface area contributed by atoms with Crippen LogP contribution in [0, 0.1) is 0 Å². The van der Waals surface area contributed by atoms with Gasteiger partial charge < -0.3 is 10.1 Å². The predicted molar refractivity (Wildman–Crippen MR) is 104 cm³/mol. The molecule has 2 aromatic carbocycles. The van der Waals surface area contributed by atoms with E-state index >= 15 is 0 Å². The fourth-order valence-corrected chi connectivity index (χ4v) is 3.30. The van der Waals surface area contributed by atoms with Crippen molar-refractivity contribution in [1.82, 2.24) is 20.4 Å². The van der Waals surface area contributed by atoms with Gasteiger partial charge in [-0.1, -0.05) is 24.3 Å². The fraction of sp³-hybridized carbons (Fsp3) is 0.238. The lowest BCUT2D eigenvalue weighted by molar-refractivity contribution is -0.137. The Hall–Kier alpha value is -3.33. The maximum absolute atomic E-state index is 12.7. The van der Waals surface area contributed by atoms with E-state index in [4.69, 9.17) is 4.74 Å². The van der Waals surface area contributed by atoms with E-state index in [9.17, 15) is 18.0 Å². The molecular weight excluding hydrogens is 397 g/mol. The first-order chi connectivity index (χ1) is 14.3. The molecule has 0 unspecified atom stereocenters. The van der Waals surface area contributed by atoms with E-state index < -0.39 is 11.7 Å². The first-order valence-electron chi connectivity index (χ1n) is 9.27. The summed E-state index contributed by atoms with van der Waals surface area (Å²) in [6.45, 7) is 0.637. The smallest absolute Gasteiger partial charge is 0.416 e. The third-order valence-electron chi connectivity index (χ3n) is 4.91. The summed E-state index contributed by atoms with van der Waals surface area (Å²) >= 11 is 0. The van der Waals surface area contributed by atoms with Crippen molar-refractivity contribution in [3.05, 3.63) is 71.4 Å². The van der Waals surface area contributed by atoms with Crippen molar-refractivity contribution >= 4 is 5.91 Å². The quantitative estimate of drug-likeness (QED) is 0.667. The number of fused-ring (bicyclic) bond motifs is 1. The molecule has 2 N–H and O–H groups in total. The number of hydrogen-bond acceptors (Lipinski definition) is 4. The summed E-state index contributed by atoms with van der Waals surface area (Å²) in [7, 11) is 1.58. The van der Waals surface area contributed by atoms with Crippen LogP contribution in [0.15, 0.2) is 54.6 Å². The minimum absolute atomic E-state index is 0.232. The van der Waals surface area contributed by atoms with E-state index in [0.29, 0.717) is 35.8 Å². The number of rotatable bonds is 5. The highest BCUT2D eigenvalue weighted by Crippen LogP contribution is 2.29. The number of nitrogens with one attached hydrogen (secondary N) is 2. The van der Waals surface area contributed by atoms with Crippen LogP contribution in [0.5, 0.6) is 5.75 Å². The third kappa shape index (κ3) is 4.02. The van der Waals surface area contributed by atoms with Crippen LogP contribution in [0.4, 0.5) is 13.2 Å². The average molecular weight is 416 g/mol. The topological polar surface area (TPSA) is 68.2 Å². The summed E-state index contributed by atoms with van der Waals surface area (Å²) in [5.74, 6) is 0.448. The summed E-state index contributed by atoms with van der Waals surface area (Å²) < 4.78 is 45.0. The first-order valence-corrected chi connectivity index (χ1v) is 9.27. The zero-order valence-corrected chi connectivity index (χ0v) is 16.0. The highest BCUT2D eigenvalue weighted by atomic mass is 19.4. The molecule has 0 fully saturated rings. The summed E-state index contributed by atoms with van der Waals surface area (Å²) in [4.78, 5) is 12.3. The fourth-order valence-electron chi connectivity index (χ4n) is 3.30. The Morgan fingerprint density at radius 1 is 1.20 bits per heavy atom. The van der Waals surface area contributed by atoms with Gasteiger partial charge in [-0.3, -0.25) is 10.1 Å². The number of alkyl halides is 3. The molecule has 0 saturated heterocycles. The number of ether oxygens (including phenoxy) is 1. The van der Waals surface area contributed by atoms with Crippen molar-refractivity contribution < 1.29 is 22.7 Å². The Balaban J connectivity index is 1.53. The lowest BCUT2D eigenvalue weighted by Gasteiger charge is -2.26. The lowest BCUT2D eigenvalue weighted by Crippen LogP contribution is -2.45. The molecule has 2 heterocycles. The number of carbonyl (C=O) groups is 1. The normalized spacial score (nSPS) is 16.1. The Kier molecular flexibility index (Phi) is 5.21. The molecule has 0 bridgehead atoms. The molecule has 1 atom stereocenters. The second-order valence-electron chi connectivity index (χ2n) is 6.89. The number of nitrogens with zero attached hydrogens (tertiary/aromatic N) is 2. The molecule has 0 saturated carbocycles. The van der Waals surface area contributed by atoms with Crippen LogP contribution in [-0.4, -0.2) is 29.3 Å². The van der Waals surface area contributed by atoms with Gasteiger partial charge in [-0.2, -0.15) is 18.3 Å². The van der Waals surface area contributed by atoms with Gasteiger partial charge in [0.25, 0.3) is 5.91 Å². The van der Waals surface area contributed by atoms with Crippen molar-refractivity contribution in [3.63, 3.8) is 0 Å². The van der Waals surface area contributed by atoms with Crippen molar-refractivity contribution in [2.45, 2.75) is 18.9 Å². The zero-order chi connectivity index (χ0) is 21.3. The minimum Gasteiger partial charge on any atom is -0.497 e. The van der Waals surface area contributed by atoms with Gasteiger partial charge in [0.05, 0.1) is 24.9 Å². The van der Waals surface area contributed by atoms with Gasteiger partial charge in [0, 0.05) is 12.1 Å². The summed E-state index contributed by atoms with van der Waals surface area (Å²) in [5, 5.41) is 10.6. The highest BCUT2D eigenvalue weighted by molar-refractivity contribution is 5.94. The number of methoxy groups -OCH3 is 1. The van der Waals surface area contributed by atoms with Crippen molar-refractivity contribution in [2.24, 2.45) is 0 Å². The number of benzene rings is 2. The average Bonchev–Trinajstić information content (AvgIpc) is 3.20. The summed E-state index contributed by atoms with van der Waals surface area (Å²) in [5.41, 5.74) is 1.85. The Morgan fingerprint density at radius 3 is 2.67 bits per heavy atom. The Labute approximate surface area is 170 Å². The van der Waals surface area contributed by atoms with E-state index in [0.717, 1.165) is 17.7 Å². The van der Waals surface area contributed by atoms with E-state index in [1.807, 2.05) is 24.3 Å². The number of carbonyl (C=O) groups excluding carboxylic acids is 1. The number of amides is 1. The Bertz CT molecular complexity index is 1060. The molecule has 6 nitrogen and oxygen atoms in total. The molecule has 30 heavy (non-hydrogen) atoms. The summed E-state index contributed by atoms with van der Waals surface area (Å²) in [6, 6.07) is 14.0. The number of aromatic nitrogens is 2. The molecule has 156 valence electrons. The standard InChI is InChI=1S/C21H19F3N4O2/c1-30-16-4-2-3-14(9-16)17-10-18-20(29)26-12-19(28(18)27-17)25-11-13-5-7-15(8-6-13)21(22,23)24/h2-10,19,25H,11-12H2,1H3,(H,26,29)/t19-/m0/s1. The van der Waals surface area contributed by atoms with Crippen molar-refractivity contribution in [3.8, 4) is 17.0 Å².